The van der Waals surface area contributed by atoms with Gasteiger partial charge in [0.1, 0.15) is 0 Å². The molecule has 1 aliphatic carbocycles. The van der Waals surface area contributed by atoms with E-state index in [0.717, 1.165) is 29.6 Å². The Balaban J connectivity index is 2.45. The second-order valence-electron chi connectivity index (χ2n) is 9.93. The Hall–Kier alpha value is -0.780. The second kappa shape index (κ2) is 11.9. The first-order chi connectivity index (χ1) is 12.7. The Labute approximate surface area is 171 Å². The maximum atomic E-state index is 2.48. The third-order valence-electron chi connectivity index (χ3n) is 7.77. The molecule has 0 aliphatic heterocycles. The van der Waals surface area contributed by atoms with Crippen LogP contribution < -0.4 is 0 Å². The van der Waals surface area contributed by atoms with E-state index in [4.69, 9.17) is 0 Å². The molecule has 0 heterocycles. The number of hydrogen-bond donors (Lipinski definition) is 0. The highest BCUT2D eigenvalue weighted by atomic mass is 14.2. The van der Waals surface area contributed by atoms with Gasteiger partial charge in [-0.3, -0.25) is 0 Å². The monoisotopic (exact) mass is 372 g/mol. The SMILES string of the molecule is CCC(C)C(C)CCC(C)C(C)CCC(C)C1=CC=C(C(C)=C(C)C)CC1. The predicted molar refractivity (Wildman–Crippen MR) is 124 cm³/mol. The van der Waals surface area contributed by atoms with Crippen molar-refractivity contribution in [3.8, 4) is 0 Å². The topological polar surface area (TPSA) is 0 Å². The van der Waals surface area contributed by atoms with Gasteiger partial charge in [0.05, 0.1) is 0 Å². The van der Waals surface area contributed by atoms with Crippen molar-refractivity contribution < 1.29 is 0 Å². The van der Waals surface area contributed by atoms with Crippen LogP contribution in [0.5, 0.6) is 0 Å². The van der Waals surface area contributed by atoms with Crippen molar-refractivity contribution in [3.05, 3.63) is 34.4 Å². The van der Waals surface area contributed by atoms with Crippen molar-refractivity contribution >= 4 is 0 Å². The van der Waals surface area contributed by atoms with Crippen LogP contribution >= 0.6 is 0 Å². The Bertz CT molecular complexity index is 526. The van der Waals surface area contributed by atoms with Crippen LogP contribution in [-0.4, -0.2) is 0 Å². The molecule has 0 saturated carbocycles. The quantitative estimate of drug-likeness (QED) is 0.339. The Kier molecular flexibility index (Phi) is 10.7. The van der Waals surface area contributed by atoms with Crippen molar-refractivity contribution in [1.82, 2.24) is 0 Å². The largest absolute Gasteiger partial charge is 0.0732 e. The minimum atomic E-state index is 0.739. The van der Waals surface area contributed by atoms with E-state index in [9.17, 15) is 0 Å². The van der Waals surface area contributed by atoms with Crippen molar-refractivity contribution in [1.29, 1.82) is 0 Å². The van der Waals surface area contributed by atoms with E-state index >= 15 is 0 Å². The minimum absolute atomic E-state index is 0.739. The number of rotatable bonds is 11. The van der Waals surface area contributed by atoms with Gasteiger partial charge in [-0.15, -0.1) is 0 Å². The molecule has 1 aliphatic rings. The second-order valence-corrected chi connectivity index (χ2v) is 9.93. The molecular formula is C27H48. The molecule has 0 aromatic heterocycles. The lowest BCUT2D eigenvalue weighted by molar-refractivity contribution is 0.272. The van der Waals surface area contributed by atoms with Crippen LogP contribution in [0.4, 0.5) is 0 Å². The van der Waals surface area contributed by atoms with Gasteiger partial charge in [0.2, 0.25) is 0 Å². The van der Waals surface area contributed by atoms with E-state index in [1.807, 2.05) is 0 Å². The summed E-state index contributed by atoms with van der Waals surface area (Å²) in [4.78, 5) is 0. The summed E-state index contributed by atoms with van der Waals surface area (Å²) in [5.74, 6) is 4.19. The van der Waals surface area contributed by atoms with Gasteiger partial charge in [-0.2, -0.15) is 0 Å². The third-order valence-corrected chi connectivity index (χ3v) is 7.77. The molecule has 0 aromatic carbocycles. The molecular weight excluding hydrogens is 324 g/mol. The lowest BCUT2D eigenvalue weighted by Gasteiger charge is -2.26. The molecule has 0 saturated heterocycles. The summed E-state index contributed by atoms with van der Waals surface area (Å²) < 4.78 is 0. The summed E-state index contributed by atoms with van der Waals surface area (Å²) in [6.07, 6.45) is 14.2. The van der Waals surface area contributed by atoms with Gasteiger partial charge in [0, 0.05) is 0 Å². The fourth-order valence-corrected chi connectivity index (χ4v) is 4.18. The Morgan fingerprint density at radius 3 is 1.70 bits per heavy atom. The van der Waals surface area contributed by atoms with E-state index in [2.05, 4.69) is 74.5 Å². The van der Waals surface area contributed by atoms with Crippen molar-refractivity contribution in [2.24, 2.45) is 29.6 Å². The van der Waals surface area contributed by atoms with Crippen molar-refractivity contribution in [2.75, 3.05) is 0 Å². The standard InChI is InChI=1S/C27H48/c1-10-20(4)21(5)11-12-22(6)23(7)13-14-24(8)26-15-17-27(18-16-26)25(9)19(2)3/h15,17,20-24H,10-14,16,18H2,1-9H3. The van der Waals surface area contributed by atoms with Crippen molar-refractivity contribution in [3.63, 3.8) is 0 Å². The highest BCUT2D eigenvalue weighted by Gasteiger charge is 2.19. The highest BCUT2D eigenvalue weighted by molar-refractivity contribution is 5.39. The van der Waals surface area contributed by atoms with Crippen LogP contribution in [0.1, 0.15) is 107 Å². The average molecular weight is 373 g/mol. The summed E-state index contributed by atoms with van der Waals surface area (Å²) >= 11 is 0. The van der Waals surface area contributed by atoms with Gasteiger partial charge < -0.3 is 0 Å². The molecule has 0 fully saturated rings. The zero-order valence-corrected chi connectivity index (χ0v) is 20.0. The van der Waals surface area contributed by atoms with Crippen LogP contribution in [0.25, 0.3) is 0 Å². The van der Waals surface area contributed by atoms with Gasteiger partial charge in [0.25, 0.3) is 0 Å². The zero-order chi connectivity index (χ0) is 20.6. The maximum Gasteiger partial charge on any atom is -0.0228 e. The van der Waals surface area contributed by atoms with Gasteiger partial charge in [-0.05, 0) is 87.2 Å². The summed E-state index contributed by atoms with van der Waals surface area (Å²) in [6, 6.07) is 0. The molecule has 0 aromatic rings. The molecule has 0 N–H and O–H groups in total. The van der Waals surface area contributed by atoms with Gasteiger partial charge in [-0.25, -0.2) is 0 Å². The molecule has 0 radical (unpaired) electrons. The Morgan fingerprint density at radius 2 is 1.26 bits per heavy atom. The molecule has 0 heteroatoms. The van der Waals surface area contributed by atoms with Crippen LogP contribution in [0.2, 0.25) is 0 Å². The van der Waals surface area contributed by atoms with Gasteiger partial charge in [0.15, 0.2) is 0 Å². The molecule has 0 amide bonds. The third kappa shape index (κ3) is 8.00. The fourth-order valence-electron chi connectivity index (χ4n) is 4.18. The van der Waals surface area contributed by atoms with E-state index in [-0.39, 0.29) is 0 Å². The first-order valence-electron chi connectivity index (χ1n) is 11.7. The normalized spacial score (nSPS) is 20.2. The summed E-state index contributed by atoms with van der Waals surface area (Å²) in [5.41, 5.74) is 6.16. The van der Waals surface area contributed by atoms with Crippen LogP contribution in [0.3, 0.4) is 0 Å². The summed E-state index contributed by atoms with van der Waals surface area (Å²) in [7, 11) is 0. The van der Waals surface area contributed by atoms with Crippen LogP contribution in [0, 0.1) is 29.6 Å². The Morgan fingerprint density at radius 1 is 0.741 bits per heavy atom. The molecule has 5 unspecified atom stereocenters. The smallest absolute Gasteiger partial charge is 0.0228 e. The van der Waals surface area contributed by atoms with Gasteiger partial charge in [-0.1, -0.05) is 84.1 Å². The number of allylic oxidation sites excluding steroid dienone is 6. The molecule has 156 valence electrons. The molecule has 1 rings (SSSR count). The zero-order valence-electron chi connectivity index (χ0n) is 20.0. The molecule has 5 atom stereocenters. The molecule has 0 nitrogen and oxygen atoms in total. The molecule has 0 bridgehead atoms. The maximum absolute atomic E-state index is 2.48. The predicted octanol–water partition coefficient (Wildman–Crippen LogP) is 9.14. The van der Waals surface area contributed by atoms with Crippen LogP contribution in [0.15, 0.2) is 34.4 Å². The summed E-state index contributed by atoms with van der Waals surface area (Å²) in [5, 5.41) is 0. The lowest BCUT2D eigenvalue weighted by atomic mass is 9.80. The first-order valence-corrected chi connectivity index (χ1v) is 11.7. The number of hydrogen-bond acceptors (Lipinski definition) is 0. The van der Waals surface area contributed by atoms with E-state index in [0.29, 0.717) is 0 Å². The van der Waals surface area contributed by atoms with Gasteiger partial charge >= 0.3 is 0 Å². The average Bonchev–Trinajstić information content (AvgIpc) is 2.68. The minimum Gasteiger partial charge on any atom is -0.0732 e. The van der Waals surface area contributed by atoms with E-state index in [1.165, 1.54) is 56.1 Å². The van der Waals surface area contributed by atoms with Crippen LogP contribution in [-0.2, 0) is 0 Å². The van der Waals surface area contributed by atoms with Crippen molar-refractivity contribution in [2.45, 2.75) is 107 Å². The first kappa shape index (κ1) is 24.3. The molecule has 0 spiro atoms. The summed E-state index contributed by atoms with van der Waals surface area (Å²) in [6.45, 7) is 21.3. The molecule has 27 heavy (non-hydrogen) atoms. The lowest BCUT2D eigenvalue weighted by Crippen LogP contribution is -2.14. The highest BCUT2D eigenvalue weighted by Crippen LogP contribution is 2.33. The fraction of sp³-hybridized carbons (Fsp3) is 0.778. The van der Waals surface area contributed by atoms with E-state index < -0.39 is 0 Å². The van der Waals surface area contributed by atoms with E-state index in [1.54, 1.807) is 11.1 Å².